The molecule has 0 saturated heterocycles. The van der Waals surface area contributed by atoms with Crippen molar-refractivity contribution in [3.63, 3.8) is 0 Å². The fraction of sp³-hybridized carbons (Fsp3) is 0.182. The van der Waals surface area contributed by atoms with Crippen LogP contribution >= 0.6 is 11.8 Å². The molecule has 0 amide bonds. The highest BCUT2D eigenvalue weighted by atomic mass is 32.2. The molecule has 0 fully saturated rings. The quantitative estimate of drug-likeness (QED) is 0.236. The van der Waals surface area contributed by atoms with Gasteiger partial charge in [0.05, 0.1) is 36.1 Å². The fourth-order valence-electron chi connectivity index (χ4n) is 3.05. The second-order valence-corrected chi connectivity index (χ2v) is 7.97. The topological polar surface area (TPSA) is 130 Å². The number of methoxy groups -OCH3 is 2. The number of aromatic amines is 1. The van der Waals surface area contributed by atoms with Crippen LogP contribution in [0.5, 0.6) is 11.5 Å². The third-order valence-electron chi connectivity index (χ3n) is 4.70. The predicted octanol–water partition coefficient (Wildman–Crippen LogP) is 4.60. The number of fused-ring (bicyclic) bond motifs is 1. The summed E-state index contributed by atoms with van der Waals surface area (Å²) in [6.45, 7) is 1.73. The third-order valence-corrected chi connectivity index (χ3v) is 5.65. The Bertz CT molecular complexity index is 1300. The molecule has 0 bridgehead atoms. The number of allylic oxidation sites excluding steroid dienone is 1. The van der Waals surface area contributed by atoms with Crippen LogP contribution in [0, 0.1) is 11.3 Å². The SMILES string of the molecule is COc1ccc(-c2nnc(SC(C)/C(O)=C(\C#N)c3nc4ccccc4[nH]3)o2)c(OC)c1. The van der Waals surface area contributed by atoms with E-state index in [9.17, 15) is 10.4 Å². The molecule has 2 heterocycles. The summed E-state index contributed by atoms with van der Waals surface area (Å²) in [7, 11) is 3.11. The van der Waals surface area contributed by atoms with Crippen LogP contribution in [0.3, 0.4) is 0 Å². The Hall–Kier alpha value is -3.97. The first-order valence-corrected chi connectivity index (χ1v) is 10.4. The van der Waals surface area contributed by atoms with Gasteiger partial charge in [-0.1, -0.05) is 23.9 Å². The van der Waals surface area contributed by atoms with E-state index >= 15 is 0 Å². The predicted molar refractivity (Wildman–Crippen MR) is 119 cm³/mol. The first kappa shape index (κ1) is 21.3. The Morgan fingerprint density at radius 3 is 2.72 bits per heavy atom. The minimum atomic E-state index is -0.538. The lowest BCUT2D eigenvalue weighted by Crippen LogP contribution is -2.04. The fourth-order valence-corrected chi connectivity index (χ4v) is 3.80. The number of hydrogen-bond acceptors (Lipinski definition) is 9. The molecule has 10 heteroatoms. The van der Waals surface area contributed by atoms with E-state index in [1.54, 1.807) is 32.2 Å². The normalized spacial score (nSPS) is 12.8. The molecule has 4 rings (SSSR count). The zero-order valence-electron chi connectivity index (χ0n) is 17.5. The number of thioether (sulfide) groups is 1. The van der Waals surface area contributed by atoms with Gasteiger partial charge in [-0.25, -0.2) is 4.98 Å². The van der Waals surface area contributed by atoms with Crippen LogP contribution in [-0.2, 0) is 0 Å². The third kappa shape index (κ3) is 4.10. The Kier molecular flexibility index (Phi) is 6.00. The summed E-state index contributed by atoms with van der Waals surface area (Å²) >= 11 is 1.13. The van der Waals surface area contributed by atoms with Crippen molar-refractivity contribution < 1.29 is 19.0 Å². The number of H-pyrrole nitrogens is 1. The molecule has 0 aliphatic rings. The number of aliphatic hydroxyl groups excluding tert-OH is 1. The van der Waals surface area contributed by atoms with Crippen molar-refractivity contribution in [3.8, 4) is 29.0 Å². The average molecular weight is 449 g/mol. The van der Waals surface area contributed by atoms with Gasteiger partial charge in [-0.15, -0.1) is 10.2 Å². The average Bonchev–Trinajstić information content (AvgIpc) is 3.45. The van der Waals surface area contributed by atoms with Crippen molar-refractivity contribution >= 4 is 28.4 Å². The first-order chi connectivity index (χ1) is 15.5. The summed E-state index contributed by atoms with van der Waals surface area (Å²) in [6.07, 6.45) is 0. The molecule has 0 radical (unpaired) electrons. The lowest BCUT2D eigenvalue weighted by molar-refractivity contribution is 0.392. The molecule has 162 valence electrons. The molecule has 2 N–H and O–H groups in total. The molecular weight excluding hydrogens is 430 g/mol. The van der Waals surface area contributed by atoms with Crippen molar-refractivity contribution in [1.82, 2.24) is 20.2 Å². The Labute approximate surface area is 187 Å². The summed E-state index contributed by atoms with van der Waals surface area (Å²) in [6, 6.07) is 14.7. The van der Waals surface area contributed by atoms with Crippen molar-refractivity contribution in [1.29, 1.82) is 5.26 Å². The standard InChI is InChI=1S/C22H19N5O4S/c1-12(19(28)15(11-23)20-24-16-6-4-5-7-17(16)25-20)32-22-27-26-21(31-22)14-9-8-13(29-2)10-18(14)30-3/h4-10,12,28H,1-3H3,(H,24,25)/b19-15-. The van der Waals surface area contributed by atoms with Gasteiger partial charge in [0.25, 0.3) is 11.1 Å². The molecule has 0 aliphatic heterocycles. The molecule has 0 saturated carbocycles. The number of nitriles is 1. The molecule has 0 spiro atoms. The zero-order valence-corrected chi connectivity index (χ0v) is 18.3. The van der Waals surface area contributed by atoms with Gasteiger partial charge in [0.1, 0.15) is 28.9 Å². The van der Waals surface area contributed by atoms with Crippen LogP contribution in [0.1, 0.15) is 12.7 Å². The molecule has 1 atom stereocenters. The number of rotatable bonds is 7. The van der Waals surface area contributed by atoms with E-state index in [-0.39, 0.29) is 22.4 Å². The van der Waals surface area contributed by atoms with Crippen LogP contribution in [0.4, 0.5) is 0 Å². The maximum Gasteiger partial charge on any atom is 0.277 e. The van der Waals surface area contributed by atoms with Gasteiger partial charge < -0.3 is 24.0 Å². The Balaban J connectivity index is 1.58. The lowest BCUT2D eigenvalue weighted by atomic mass is 10.2. The molecule has 9 nitrogen and oxygen atoms in total. The Morgan fingerprint density at radius 1 is 1.19 bits per heavy atom. The monoisotopic (exact) mass is 449 g/mol. The summed E-state index contributed by atoms with van der Waals surface area (Å²) in [4.78, 5) is 7.45. The van der Waals surface area contributed by atoms with Crippen LogP contribution in [0.2, 0.25) is 0 Å². The minimum Gasteiger partial charge on any atom is -0.510 e. The number of aromatic nitrogens is 4. The molecule has 2 aromatic carbocycles. The number of nitrogens with one attached hydrogen (secondary N) is 1. The maximum atomic E-state index is 10.7. The van der Waals surface area contributed by atoms with E-state index in [0.29, 0.717) is 28.4 Å². The zero-order chi connectivity index (χ0) is 22.7. The lowest BCUT2D eigenvalue weighted by Gasteiger charge is -2.09. The summed E-state index contributed by atoms with van der Waals surface area (Å²) in [5, 5.41) is 28.2. The maximum absolute atomic E-state index is 10.7. The van der Waals surface area contributed by atoms with E-state index < -0.39 is 5.25 Å². The molecule has 2 aromatic heterocycles. The highest BCUT2D eigenvalue weighted by molar-refractivity contribution is 7.99. The van der Waals surface area contributed by atoms with E-state index in [1.165, 1.54) is 7.11 Å². The van der Waals surface area contributed by atoms with Gasteiger partial charge in [0.15, 0.2) is 5.82 Å². The number of para-hydroxylation sites is 2. The van der Waals surface area contributed by atoms with Crippen LogP contribution in [0.15, 0.2) is 57.9 Å². The highest BCUT2D eigenvalue weighted by Gasteiger charge is 2.22. The summed E-state index contributed by atoms with van der Waals surface area (Å²) in [5.41, 5.74) is 2.15. The second kappa shape index (κ2) is 9.03. The van der Waals surface area contributed by atoms with E-state index in [4.69, 9.17) is 13.9 Å². The first-order valence-electron chi connectivity index (χ1n) is 9.55. The smallest absolute Gasteiger partial charge is 0.277 e. The molecule has 0 aliphatic carbocycles. The second-order valence-electron chi connectivity index (χ2n) is 6.67. The summed E-state index contributed by atoms with van der Waals surface area (Å²) in [5.74, 6) is 1.58. The van der Waals surface area contributed by atoms with Crippen LogP contribution < -0.4 is 9.47 Å². The van der Waals surface area contributed by atoms with Gasteiger partial charge >= 0.3 is 0 Å². The largest absolute Gasteiger partial charge is 0.510 e. The highest BCUT2D eigenvalue weighted by Crippen LogP contribution is 2.35. The number of benzene rings is 2. The molecular formula is C22H19N5O4S. The van der Waals surface area contributed by atoms with Crippen LogP contribution in [-0.4, -0.2) is 44.7 Å². The number of nitrogens with zero attached hydrogens (tertiary/aromatic N) is 4. The van der Waals surface area contributed by atoms with Crippen molar-refractivity contribution in [2.24, 2.45) is 0 Å². The molecule has 32 heavy (non-hydrogen) atoms. The van der Waals surface area contributed by atoms with Crippen molar-refractivity contribution in [3.05, 3.63) is 54.0 Å². The Morgan fingerprint density at radius 2 is 2.00 bits per heavy atom. The van der Waals surface area contributed by atoms with Gasteiger partial charge in [0, 0.05) is 6.07 Å². The number of hydrogen-bond donors (Lipinski definition) is 2. The minimum absolute atomic E-state index is 0.0535. The van der Waals surface area contributed by atoms with E-state index in [2.05, 4.69) is 20.2 Å². The van der Waals surface area contributed by atoms with Gasteiger partial charge in [-0.3, -0.25) is 0 Å². The van der Waals surface area contributed by atoms with E-state index in [1.807, 2.05) is 30.3 Å². The van der Waals surface area contributed by atoms with Crippen LogP contribution in [0.25, 0.3) is 28.1 Å². The van der Waals surface area contributed by atoms with Gasteiger partial charge in [-0.2, -0.15) is 5.26 Å². The van der Waals surface area contributed by atoms with Crippen molar-refractivity contribution in [2.75, 3.05) is 14.2 Å². The number of imidazole rings is 1. The number of aliphatic hydroxyl groups is 1. The summed E-state index contributed by atoms with van der Waals surface area (Å²) < 4.78 is 16.3. The molecule has 4 aromatic rings. The molecule has 1 unspecified atom stereocenters. The van der Waals surface area contributed by atoms with Crippen molar-refractivity contribution in [2.45, 2.75) is 17.4 Å². The van der Waals surface area contributed by atoms with Gasteiger partial charge in [0.2, 0.25) is 0 Å². The number of ether oxygens (including phenoxy) is 2. The van der Waals surface area contributed by atoms with Gasteiger partial charge in [-0.05, 0) is 31.2 Å². The van der Waals surface area contributed by atoms with E-state index in [0.717, 1.165) is 17.3 Å².